The first-order chi connectivity index (χ1) is 16.4. The van der Waals surface area contributed by atoms with Crippen LogP contribution in [-0.4, -0.2) is 43.3 Å². The van der Waals surface area contributed by atoms with Crippen LogP contribution in [0.3, 0.4) is 0 Å². The highest BCUT2D eigenvalue weighted by atomic mass is 28.4. The van der Waals surface area contributed by atoms with Crippen LogP contribution in [-0.2, 0) is 30.1 Å². The monoisotopic (exact) mass is 502 g/mol. The van der Waals surface area contributed by atoms with Gasteiger partial charge in [-0.3, -0.25) is 9.59 Å². The summed E-state index contributed by atoms with van der Waals surface area (Å²) >= 11 is 0. The molecular weight excluding hydrogens is 460 g/mol. The van der Waals surface area contributed by atoms with Crippen LogP contribution in [0.1, 0.15) is 71.3 Å². The number of rotatable bonds is 9. The molecule has 8 heteroatoms. The standard InChI is InChI=1S/C27H42N2O5Si/c1-27(2,3)35(4,5)34-23(22(28)17-19-11-7-6-8-12-19)18-20-13-9-10-14-21(20)26(32)33-29-24(30)15-16-25(29)31/h6-8,11-12,20-23H,9-10,13-18,28H2,1-5H3/t20?,21-,22+,23?/m0/s1. The van der Waals surface area contributed by atoms with Gasteiger partial charge in [-0.1, -0.05) is 63.9 Å². The van der Waals surface area contributed by atoms with Crippen molar-refractivity contribution in [2.24, 2.45) is 17.6 Å². The van der Waals surface area contributed by atoms with Crippen LogP contribution in [0.25, 0.3) is 0 Å². The molecule has 0 aromatic heterocycles. The van der Waals surface area contributed by atoms with E-state index in [2.05, 4.69) is 46.0 Å². The van der Waals surface area contributed by atoms with Crippen LogP contribution in [0.2, 0.25) is 18.1 Å². The topological polar surface area (TPSA) is 98.9 Å². The molecule has 2 N–H and O–H groups in total. The third kappa shape index (κ3) is 7.02. The van der Waals surface area contributed by atoms with Gasteiger partial charge in [-0.05, 0) is 55.3 Å². The molecule has 2 amide bonds. The zero-order valence-electron chi connectivity index (χ0n) is 21.9. The lowest BCUT2D eigenvalue weighted by atomic mass is 9.75. The number of hydroxylamine groups is 2. The Labute approximate surface area is 210 Å². The van der Waals surface area contributed by atoms with Gasteiger partial charge in [-0.2, -0.15) is 0 Å². The van der Waals surface area contributed by atoms with Crippen LogP contribution in [0.5, 0.6) is 0 Å². The van der Waals surface area contributed by atoms with Crippen molar-refractivity contribution in [3.05, 3.63) is 35.9 Å². The number of carbonyl (C=O) groups is 3. The fraction of sp³-hybridized carbons (Fsp3) is 0.667. The van der Waals surface area contributed by atoms with Gasteiger partial charge in [0.15, 0.2) is 8.32 Å². The molecule has 1 aliphatic heterocycles. The van der Waals surface area contributed by atoms with Crippen molar-refractivity contribution < 1.29 is 23.6 Å². The molecule has 0 radical (unpaired) electrons. The van der Waals surface area contributed by atoms with Crippen LogP contribution in [0.4, 0.5) is 0 Å². The van der Waals surface area contributed by atoms with E-state index in [1.54, 1.807) is 0 Å². The van der Waals surface area contributed by atoms with Gasteiger partial charge in [0.1, 0.15) is 0 Å². The van der Waals surface area contributed by atoms with E-state index in [1.807, 2.05) is 18.2 Å². The Morgan fingerprint density at radius 1 is 1.09 bits per heavy atom. The normalized spacial score (nSPS) is 23.3. The molecule has 0 spiro atoms. The van der Waals surface area contributed by atoms with Gasteiger partial charge in [0, 0.05) is 18.9 Å². The van der Waals surface area contributed by atoms with E-state index in [4.69, 9.17) is 15.0 Å². The van der Waals surface area contributed by atoms with Crippen molar-refractivity contribution in [2.45, 2.75) is 102 Å². The molecule has 2 fully saturated rings. The lowest BCUT2D eigenvalue weighted by Gasteiger charge is -2.43. The molecule has 2 unspecified atom stereocenters. The van der Waals surface area contributed by atoms with Crippen LogP contribution >= 0.6 is 0 Å². The Kier molecular flexibility index (Phi) is 8.94. The maximum Gasteiger partial charge on any atom is 0.336 e. The van der Waals surface area contributed by atoms with Crippen molar-refractivity contribution in [3.63, 3.8) is 0 Å². The molecule has 1 saturated carbocycles. The van der Waals surface area contributed by atoms with Crippen molar-refractivity contribution in [2.75, 3.05) is 0 Å². The van der Waals surface area contributed by atoms with Gasteiger partial charge in [0.05, 0.1) is 12.0 Å². The maximum absolute atomic E-state index is 13.1. The molecule has 1 aliphatic carbocycles. The zero-order chi connectivity index (χ0) is 25.8. The molecule has 2 aliphatic rings. The van der Waals surface area contributed by atoms with Gasteiger partial charge in [0.2, 0.25) is 0 Å². The number of amides is 2. The minimum absolute atomic E-state index is 0.0269. The van der Waals surface area contributed by atoms with E-state index in [9.17, 15) is 14.4 Å². The number of nitrogens with zero attached hydrogens (tertiary/aromatic N) is 1. The fourth-order valence-electron chi connectivity index (χ4n) is 4.80. The summed E-state index contributed by atoms with van der Waals surface area (Å²) in [6, 6.07) is 9.96. The van der Waals surface area contributed by atoms with E-state index in [0.717, 1.165) is 24.8 Å². The van der Waals surface area contributed by atoms with E-state index in [0.29, 0.717) is 24.3 Å². The zero-order valence-corrected chi connectivity index (χ0v) is 22.9. The van der Waals surface area contributed by atoms with E-state index in [1.165, 1.54) is 0 Å². The molecule has 1 aromatic rings. The minimum Gasteiger partial charge on any atom is -0.412 e. The number of nitrogens with two attached hydrogens (primary N) is 1. The summed E-state index contributed by atoms with van der Waals surface area (Å²) in [6.07, 6.45) is 4.83. The number of imide groups is 1. The summed E-state index contributed by atoms with van der Waals surface area (Å²) in [5, 5.41) is 0.692. The van der Waals surface area contributed by atoms with Gasteiger partial charge in [-0.25, -0.2) is 4.79 Å². The highest BCUT2D eigenvalue weighted by molar-refractivity contribution is 6.74. The summed E-state index contributed by atoms with van der Waals surface area (Å²) in [7, 11) is -2.12. The molecule has 1 heterocycles. The Balaban J connectivity index is 1.78. The Bertz CT molecular complexity index is 883. The molecule has 0 bridgehead atoms. The van der Waals surface area contributed by atoms with Gasteiger partial charge >= 0.3 is 5.97 Å². The molecule has 35 heavy (non-hydrogen) atoms. The highest BCUT2D eigenvalue weighted by Gasteiger charge is 2.43. The lowest BCUT2D eigenvalue weighted by molar-refractivity contribution is -0.202. The third-order valence-electron chi connectivity index (χ3n) is 7.98. The number of hydrogen-bond acceptors (Lipinski definition) is 6. The predicted molar refractivity (Wildman–Crippen MR) is 137 cm³/mol. The van der Waals surface area contributed by atoms with E-state index >= 15 is 0 Å². The van der Waals surface area contributed by atoms with Crippen LogP contribution in [0.15, 0.2) is 30.3 Å². The molecule has 7 nitrogen and oxygen atoms in total. The summed E-state index contributed by atoms with van der Waals surface area (Å²) in [5.41, 5.74) is 7.95. The number of benzene rings is 1. The smallest absolute Gasteiger partial charge is 0.336 e. The van der Waals surface area contributed by atoms with Gasteiger partial charge in [-0.15, -0.1) is 5.06 Å². The fourth-order valence-corrected chi connectivity index (χ4v) is 6.18. The molecule has 1 saturated heterocycles. The largest absolute Gasteiger partial charge is 0.412 e. The Morgan fingerprint density at radius 3 is 2.29 bits per heavy atom. The average Bonchev–Trinajstić information content (AvgIpc) is 3.10. The lowest BCUT2D eigenvalue weighted by Crippen LogP contribution is -2.51. The predicted octanol–water partition coefficient (Wildman–Crippen LogP) is 4.75. The van der Waals surface area contributed by atoms with Gasteiger partial charge < -0.3 is 15.0 Å². The summed E-state index contributed by atoms with van der Waals surface area (Å²) in [4.78, 5) is 42.4. The average molecular weight is 503 g/mol. The highest BCUT2D eigenvalue weighted by Crippen LogP contribution is 2.41. The first-order valence-electron chi connectivity index (χ1n) is 12.9. The Hall–Kier alpha value is -2.03. The first kappa shape index (κ1) is 27.6. The SMILES string of the molecule is CC(C)(C)[Si](C)(C)OC(CC1CCCC[C@@H]1C(=O)ON1C(=O)CCC1=O)[C@H](N)Cc1ccccc1. The second kappa shape index (κ2) is 11.4. The van der Waals surface area contributed by atoms with Crippen molar-refractivity contribution in [3.8, 4) is 0 Å². The van der Waals surface area contributed by atoms with Crippen molar-refractivity contribution in [1.29, 1.82) is 0 Å². The van der Waals surface area contributed by atoms with Crippen LogP contribution in [0, 0.1) is 11.8 Å². The molecule has 1 aromatic carbocycles. The third-order valence-corrected chi connectivity index (χ3v) is 12.5. The van der Waals surface area contributed by atoms with E-state index in [-0.39, 0.29) is 41.9 Å². The van der Waals surface area contributed by atoms with Crippen molar-refractivity contribution >= 4 is 26.1 Å². The van der Waals surface area contributed by atoms with Crippen LogP contribution < -0.4 is 5.73 Å². The number of hydrogen-bond donors (Lipinski definition) is 1. The second-order valence-corrected chi connectivity index (χ2v) is 16.4. The maximum atomic E-state index is 13.1. The summed E-state index contributed by atoms with van der Waals surface area (Å²) in [6.45, 7) is 11.1. The molecule has 4 atom stereocenters. The van der Waals surface area contributed by atoms with E-state index < -0.39 is 26.1 Å². The second-order valence-electron chi connectivity index (χ2n) is 11.6. The van der Waals surface area contributed by atoms with Crippen molar-refractivity contribution in [1.82, 2.24) is 5.06 Å². The first-order valence-corrected chi connectivity index (χ1v) is 15.8. The summed E-state index contributed by atoms with van der Waals surface area (Å²) < 4.78 is 6.88. The number of carbonyl (C=O) groups excluding carboxylic acids is 3. The summed E-state index contributed by atoms with van der Waals surface area (Å²) in [5.74, 6) is -1.72. The quantitative estimate of drug-likeness (QED) is 0.386. The Morgan fingerprint density at radius 2 is 1.69 bits per heavy atom. The minimum atomic E-state index is -2.12. The molecular formula is C27H42N2O5Si. The van der Waals surface area contributed by atoms with Gasteiger partial charge in [0.25, 0.3) is 11.8 Å². The molecule has 194 valence electrons. The molecule has 3 rings (SSSR count).